The maximum atomic E-state index is 14.5. The molecule has 0 spiro atoms. The first kappa shape index (κ1) is 27.6. The number of pyridine rings is 2. The average Bonchev–Trinajstić information content (AvgIpc) is 3.31. The Morgan fingerprint density at radius 2 is 2.11 bits per heavy atom. The zero-order chi connectivity index (χ0) is 26.3. The van der Waals surface area contributed by atoms with Crippen LogP contribution in [0.15, 0.2) is 23.8 Å². The average molecular weight is 523 g/mol. The van der Waals surface area contributed by atoms with Gasteiger partial charge in [-0.2, -0.15) is 0 Å². The third-order valence-corrected chi connectivity index (χ3v) is 6.14. The van der Waals surface area contributed by atoms with E-state index in [0.717, 1.165) is 12.8 Å². The number of ether oxygens (including phenoxy) is 1. The summed E-state index contributed by atoms with van der Waals surface area (Å²) in [5.74, 6) is -0.886. The van der Waals surface area contributed by atoms with Crippen molar-refractivity contribution in [2.24, 2.45) is 0 Å². The van der Waals surface area contributed by atoms with Gasteiger partial charge < -0.3 is 25.8 Å². The minimum Gasteiger partial charge on any atom is -0.387 e. The number of hydrogen-bond acceptors (Lipinski definition) is 9. The predicted molar refractivity (Wildman–Crippen MR) is 137 cm³/mol. The van der Waals surface area contributed by atoms with Crippen LogP contribution in [0.4, 0.5) is 26.1 Å². The molecule has 9 nitrogen and oxygen atoms in total. The molecule has 4 N–H and O–H groups in total. The van der Waals surface area contributed by atoms with E-state index in [4.69, 9.17) is 4.74 Å². The number of carbonyl (C=O) groups excluding carboxylic acids is 1. The van der Waals surface area contributed by atoms with E-state index in [9.17, 15) is 18.7 Å². The number of hydrogen-bond donors (Lipinski definition) is 4. The summed E-state index contributed by atoms with van der Waals surface area (Å²) in [6.07, 6.45) is 1.39. The predicted octanol–water partition coefficient (Wildman–Crippen LogP) is 4.42. The topological polar surface area (TPSA) is 121 Å². The zero-order valence-corrected chi connectivity index (χ0v) is 21.6. The number of alkyl halides is 1. The maximum absolute atomic E-state index is 14.5. The summed E-state index contributed by atoms with van der Waals surface area (Å²) in [6.45, 7) is 7.44. The molecular formula is C24H32F2N6O3S. The summed E-state index contributed by atoms with van der Waals surface area (Å²) >= 11 is 1.29. The van der Waals surface area contributed by atoms with Crippen LogP contribution in [0.3, 0.4) is 0 Å². The van der Waals surface area contributed by atoms with Gasteiger partial charge in [-0.3, -0.25) is 4.79 Å². The van der Waals surface area contributed by atoms with Crippen molar-refractivity contribution in [1.29, 1.82) is 0 Å². The Bertz CT molecular complexity index is 1160. The number of nitrogens with zero attached hydrogens (tertiary/aromatic N) is 3. The van der Waals surface area contributed by atoms with Crippen LogP contribution in [0.1, 0.15) is 50.9 Å². The lowest BCUT2D eigenvalue weighted by molar-refractivity contribution is -0.00177. The normalized spacial score (nSPS) is 16.6. The second-order valence-electron chi connectivity index (χ2n) is 8.63. The number of aliphatic hydroxyl groups is 1. The molecule has 1 aliphatic heterocycles. The maximum Gasteiger partial charge on any atom is 0.255 e. The Kier molecular flexibility index (Phi) is 9.46. The third kappa shape index (κ3) is 7.05. The van der Waals surface area contributed by atoms with Gasteiger partial charge in [-0.1, -0.05) is 13.8 Å². The van der Waals surface area contributed by atoms with Crippen molar-refractivity contribution in [1.82, 2.24) is 20.3 Å². The SMILES string of the molecule is CC.CC(C)(O)[C@H](F)CNC(=O)c1cnc(Nc2nc3scnc3cc2F)cc1NC1CCCOC1. The van der Waals surface area contributed by atoms with Crippen LogP contribution in [0.25, 0.3) is 10.3 Å². The van der Waals surface area contributed by atoms with Gasteiger partial charge >= 0.3 is 0 Å². The van der Waals surface area contributed by atoms with Crippen molar-refractivity contribution in [3.63, 3.8) is 0 Å². The lowest BCUT2D eigenvalue weighted by Crippen LogP contribution is -2.42. The van der Waals surface area contributed by atoms with Crippen molar-refractivity contribution < 1.29 is 23.4 Å². The molecule has 1 saturated heterocycles. The van der Waals surface area contributed by atoms with Crippen molar-refractivity contribution in [2.75, 3.05) is 30.4 Å². The van der Waals surface area contributed by atoms with Gasteiger partial charge in [0, 0.05) is 31.0 Å². The Balaban J connectivity index is 0.00000176. The van der Waals surface area contributed by atoms with Gasteiger partial charge in [0.2, 0.25) is 0 Å². The van der Waals surface area contributed by atoms with E-state index in [0.29, 0.717) is 29.2 Å². The Morgan fingerprint density at radius 3 is 2.81 bits per heavy atom. The molecular weight excluding hydrogens is 490 g/mol. The van der Waals surface area contributed by atoms with Gasteiger partial charge in [-0.15, -0.1) is 11.3 Å². The molecule has 3 aromatic heterocycles. The van der Waals surface area contributed by atoms with Gasteiger partial charge in [-0.05, 0) is 26.7 Å². The number of fused-ring (bicyclic) bond motifs is 1. The minimum atomic E-state index is -1.65. The number of aromatic nitrogens is 3. The van der Waals surface area contributed by atoms with E-state index in [1.54, 1.807) is 11.6 Å². The molecule has 3 aromatic rings. The molecule has 0 radical (unpaired) electrons. The molecule has 4 rings (SSSR count). The summed E-state index contributed by atoms with van der Waals surface area (Å²) in [4.78, 5) is 25.9. The molecule has 196 valence electrons. The zero-order valence-electron chi connectivity index (χ0n) is 20.8. The smallest absolute Gasteiger partial charge is 0.255 e. The minimum absolute atomic E-state index is 0.0150. The molecule has 12 heteroatoms. The van der Waals surface area contributed by atoms with Crippen LogP contribution in [0.5, 0.6) is 0 Å². The molecule has 0 bridgehead atoms. The fourth-order valence-corrected chi connectivity index (χ4v) is 4.05. The highest BCUT2D eigenvalue weighted by Crippen LogP contribution is 2.27. The van der Waals surface area contributed by atoms with Crippen molar-refractivity contribution >= 4 is 44.9 Å². The highest BCUT2D eigenvalue weighted by molar-refractivity contribution is 7.16. The number of thiazole rings is 1. The number of rotatable bonds is 8. The summed E-state index contributed by atoms with van der Waals surface area (Å²) in [6, 6.07) is 2.83. The van der Waals surface area contributed by atoms with Crippen LogP contribution in [0.2, 0.25) is 0 Å². The summed E-state index contributed by atoms with van der Waals surface area (Å²) < 4.78 is 34.1. The van der Waals surface area contributed by atoms with Gasteiger partial charge in [0.15, 0.2) is 11.6 Å². The molecule has 4 heterocycles. The molecule has 0 saturated carbocycles. The van der Waals surface area contributed by atoms with Gasteiger partial charge in [0.1, 0.15) is 22.3 Å². The van der Waals surface area contributed by atoms with E-state index in [1.807, 2.05) is 13.8 Å². The Hall–Kier alpha value is -2.96. The summed E-state index contributed by atoms with van der Waals surface area (Å²) in [5, 5.41) is 18.4. The van der Waals surface area contributed by atoms with Crippen molar-refractivity contribution in [2.45, 2.75) is 58.4 Å². The van der Waals surface area contributed by atoms with Crippen LogP contribution in [-0.4, -0.2) is 63.5 Å². The first-order chi connectivity index (χ1) is 17.2. The monoisotopic (exact) mass is 522 g/mol. The Labute approximate surface area is 212 Å². The first-order valence-electron chi connectivity index (χ1n) is 11.9. The number of anilines is 3. The number of carbonyl (C=O) groups is 1. The van der Waals surface area contributed by atoms with Crippen LogP contribution in [0, 0.1) is 5.82 Å². The van der Waals surface area contributed by atoms with Crippen molar-refractivity contribution in [3.05, 3.63) is 35.2 Å². The van der Waals surface area contributed by atoms with Gasteiger partial charge in [0.25, 0.3) is 5.91 Å². The summed E-state index contributed by atoms with van der Waals surface area (Å²) in [5.41, 5.74) is 1.08. The highest BCUT2D eigenvalue weighted by atomic mass is 32.1. The number of halogens is 2. The van der Waals surface area contributed by atoms with E-state index < -0.39 is 23.5 Å². The molecule has 0 aliphatic carbocycles. The second kappa shape index (κ2) is 12.3. The molecule has 1 aliphatic rings. The molecule has 2 atom stereocenters. The molecule has 0 aromatic carbocycles. The molecule has 1 amide bonds. The lowest BCUT2D eigenvalue weighted by atomic mass is 10.0. The van der Waals surface area contributed by atoms with E-state index >= 15 is 0 Å². The molecule has 36 heavy (non-hydrogen) atoms. The largest absolute Gasteiger partial charge is 0.387 e. The quantitative estimate of drug-likeness (QED) is 0.343. The van der Waals surface area contributed by atoms with Crippen LogP contribution in [-0.2, 0) is 4.74 Å². The van der Waals surface area contributed by atoms with E-state index in [2.05, 4.69) is 30.9 Å². The summed E-state index contributed by atoms with van der Waals surface area (Å²) in [7, 11) is 0. The van der Waals surface area contributed by atoms with Gasteiger partial charge in [0.05, 0.1) is 35.5 Å². The number of amides is 1. The van der Waals surface area contributed by atoms with Crippen molar-refractivity contribution in [3.8, 4) is 0 Å². The van der Waals surface area contributed by atoms with E-state index in [-0.39, 0.29) is 29.8 Å². The lowest BCUT2D eigenvalue weighted by Gasteiger charge is -2.26. The van der Waals surface area contributed by atoms with Crippen LogP contribution >= 0.6 is 11.3 Å². The third-order valence-electron chi connectivity index (χ3n) is 5.40. The van der Waals surface area contributed by atoms with Gasteiger partial charge in [-0.25, -0.2) is 23.7 Å². The molecule has 1 unspecified atom stereocenters. The first-order valence-corrected chi connectivity index (χ1v) is 12.7. The number of nitrogens with one attached hydrogen (secondary N) is 3. The Morgan fingerprint density at radius 1 is 1.33 bits per heavy atom. The molecule has 1 fully saturated rings. The second-order valence-corrected chi connectivity index (χ2v) is 9.46. The fourth-order valence-electron chi connectivity index (χ4n) is 3.41. The standard InChI is InChI=1S/C22H26F2N6O3S.C2H6/c1-22(2,32)17(24)9-26-20(31)13-8-25-18(7-15(13)28-12-4-3-5-33-10-12)29-19-14(23)6-16-21(30-19)34-11-27-16;1-2/h6-8,11-12,17,32H,3-5,9-10H2,1-2H3,(H,26,31)(H2,25,28,29,30);1-2H3/t12?,17-;/m1./s1. The van der Waals surface area contributed by atoms with Crippen LogP contribution < -0.4 is 16.0 Å². The van der Waals surface area contributed by atoms with E-state index in [1.165, 1.54) is 37.4 Å². The fraction of sp³-hybridized carbons (Fsp3) is 0.500. The highest BCUT2D eigenvalue weighted by Gasteiger charge is 2.27.